The summed E-state index contributed by atoms with van der Waals surface area (Å²) in [5.74, 6) is -0.0184. The fraction of sp³-hybridized carbons (Fsp3) is 0.444. The van der Waals surface area contributed by atoms with Gasteiger partial charge in [0.05, 0.1) is 24.1 Å². The smallest absolute Gasteiger partial charge is 0.238 e. The highest BCUT2D eigenvalue weighted by molar-refractivity contribution is 5.99. The predicted molar refractivity (Wildman–Crippen MR) is 148 cm³/mol. The standard InChI is InChI=1S/C27H35N7O2.H2O/c1-31-7-11-33(12-8-31)18-26(35)28-22-5-3-20-15-21-4-6-23(17-25(21)30-24(20)16-22)29-27(36)19-34-13-9-32(2)10-14-34;/h3-6,15-17H,7-14,18-19H2,1-2H3,(H,28,35)(H,29,36);1H2. The van der Waals surface area contributed by atoms with Crippen LogP contribution in [0.5, 0.6) is 0 Å². The van der Waals surface area contributed by atoms with Crippen molar-refractivity contribution in [3.05, 3.63) is 42.5 Å². The maximum Gasteiger partial charge on any atom is 0.238 e. The van der Waals surface area contributed by atoms with Crippen molar-refractivity contribution >= 4 is 45.0 Å². The number of nitrogens with zero attached hydrogens (tertiary/aromatic N) is 5. The lowest BCUT2D eigenvalue weighted by Gasteiger charge is -2.31. The SMILES string of the molecule is CN1CCN(CC(=O)Nc2ccc3cc4ccc(NC(=O)CN5CCN(C)CC5)cc4nc3c2)CC1.O. The monoisotopic (exact) mass is 507 g/mol. The first kappa shape index (κ1) is 26.9. The molecule has 2 fully saturated rings. The van der Waals surface area contributed by atoms with E-state index in [0.717, 1.165) is 85.5 Å². The molecule has 2 aromatic carbocycles. The topological polar surface area (TPSA) is 116 Å². The molecule has 1 aromatic heterocycles. The fourth-order valence-electron chi connectivity index (χ4n) is 4.80. The molecule has 0 saturated carbocycles. The number of hydrogen-bond donors (Lipinski definition) is 2. The molecule has 37 heavy (non-hydrogen) atoms. The number of amides is 2. The van der Waals surface area contributed by atoms with Gasteiger partial charge in [-0.2, -0.15) is 0 Å². The normalized spacial score (nSPS) is 18.0. The number of pyridine rings is 1. The van der Waals surface area contributed by atoms with Gasteiger partial charge >= 0.3 is 0 Å². The van der Waals surface area contributed by atoms with E-state index in [4.69, 9.17) is 4.98 Å². The highest BCUT2D eigenvalue weighted by Gasteiger charge is 2.18. The molecule has 0 radical (unpaired) electrons. The molecule has 0 bridgehead atoms. The average molecular weight is 508 g/mol. The van der Waals surface area contributed by atoms with Gasteiger partial charge in [0.15, 0.2) is 0 Å². The highest BCUT2D eigenvalue weighted by Crippen LogP contribution is 2.25. The Bertz CT molecular complexity index is 1160. The molecule has 3 heterocycles. The van der Waals surface area contributed by atoms with Gasteiger partial charge in [-0.05, 0) is 44.4 Å². The van der Waals surface area contributed by atoms with Gasteiger partial charge in [-0.3, -0.25) is 19.4 Å². The van der Waals surface area contributed by atoms with Crippen molar-refractivity contribution in [1.29, 1.82) is 0 Å². The van der Waals surface area contributed by atoms with Gasteiger partial charge in [0.25, 0.3) is 0 Å². The summed E-state index contributed by atoms with van der Waals surface area (Å²) in [6.45, 7) is 8.36. The number of hydrogen-bond acceptors (Lipinski definition) is 7. The summed E-state index contributed by atoms with van der Waals surface area (Å²) in [7, 11) is 4.21. The third kappa shape index (κ3) is 7.00. The number of nitrogens with one attached hydrogen (secondary N) is 2. The van der Waals surface area contributed by atoms with Gasteiger partial charge in [0, 0.05) is 74.5 Å². The van der Waals surface area contributed by atoms with Crippen LogP contribution < -0.4 is 10.6 Å². The molecule has 0 spiro atoms. The van der Waals surface area contributed by atoms with E-state index in [0.29, 0.717) is 13.1 Å². The first-order valence-corrected chi connectivity index (χ1v) is 12.7. The Hall–Kier alpha value is -3.15. The zero-order valence-corrected chi connectivity index (χ0v) is 21.7. The largest absolute Gasteiger partial charge is 0.412 e. The van der Waals surface area contributed by atoms with Crippen molar-refractivity contribution in [2.75, 3.05) is 90.2 Å². The van der Waals surface area contributed by atoms with E-state index >= 15 is 0 Å². The van der Waals surface area contributed by atoms with Crippen molar-refractivity contribution < 1.29 is 15.1 Å². The maximum absolute atomic E-state index is 12.6. The van der Waals surface area contributed by atoms with Crippen LogP contribution in [-0.4, -0.2) is 121 Å². The Morgan fingerprint density at radius 1 is 0.676 bits per heavy atom. The first-order valence-electron chi connectivity index (χ1n) is 12.7. The molecule has 5 rings (SSSR count). The average Bonchev–Trinajstić information content (AvgIpc) is 2.85. The molecule has 0 atom stereocenters. The van der Waals surface area contributed by atoms with Crippen LogP contribution in [0.2, 0.25) is 0 Å². The molecule has 10 heteroatoms. The van der Waals surface area contributed by atoms with Crippen LogP contribution in [0.3, 0.4) is 0 Å². The molecule has 0 unspecified atom stereocenters. The van der Waals surface area contributed by atoms with Gasteiger partial charge in [-0.15, -0.1) is 0 Å². The summed E-state index contributed by atoms with van der Waals surface area (Å²) in [6, 6.07) is 13.7. The third-order valence-corrected chi connectivity index (χ3v) is 7.11. The second-order valence-corrected chi connectivity index (χ2v) is 10.1. The minimum absolute atomic E-state index is 0. The molecule has 4 N–H and O–H groups in total. The Kier molecular flexibility index (Phi) is 8.67. The molecule has 2 aliphatic heterocycles. The summed E-state index contributed by atoms with van der Waals surface area (Å²) in [5.41, 5.74) is 3.09. The van der Waals surface area contributed by atoms with Crippen LogP contribution >= 0.6 is 0 Å². The Labute approximate surface area is 217 Å². The van der Waals surface area contributed by atoms with E-state index < -0.39 is 0 Å². The van der Waals surface area contributed by atoms with Crippen LogP contribution in [0.15, 0.2) is 42.5 Å². The number of anilines is 2. The van der Waals surface area contributed by atoms with Crippen molar-refractivity contribution in [3.8, 4) is 0 Å². The number of benzene rings is 2. The predicted octanol–water partition coefficient (Wildman–Crippen LogP) is 0.935. The Morgan fingerprint density at radius 2 is 1.08 bits per heavy atom. The van der Waals surface area contributed by atoms with Crippen LogP contribution in [0, 0.1) is 0 Å². The van der Waals surface area contributed by atoms with Crippen molar-refractivity contribution in [1.82, 2.24) is 24.6 Å². The lowest BCUT2D eigenvalue weighted by atomic mass is 10.1. The minimum atomic E-state index is -0.00922. The second-order valence-electron chi connectivity index (χ2n) is 10.1. The highest BCUT2D eigenvalue weighted by atomic mass is 16.2. The number of carbonyl (C=O) groups excluding carboxylic acids is 2. The second kappa shape index (κ2) is 11.9. The van der Waals surface area contributed by atoms with Crippen LogP contribution in [0.4, 0.5) is 11.4 Å². The third-order valence-electron chi connectivity index (χ3n) is 7.11. The number of fused-ring (bicyclic) bond motifs is 2. The van der Waals surface area contributed by atoms with Crippen molar-refractivity contribution in [3.63, 3.8) is 0 Å². The molecular formula is C27H37N7O3. The van der Waals surface area contributed by atoms with E-state index in [1.54, 1.807) is 0 Å². The zero-order valence-electron chi connectivity index (χ0n) is 21.7. The molecule has 2 saturated heterocycles. The quantitative estimate of drug-likeness (QED) is 0.477. The number of rotatable bonds is 6. The lowest BCUT2D eigenvalue weighted by molar-refractivity contribution is -0.118. The van der Waals surface area contributed by atoms with Crippen molar-refractivity contribution in [2.24, 2.45) is 0 Å². The molecule has 3 aromatic rings. The van der Waals surface area contributed by atoms with Crippen LogP contribution in [-0.2, 0) is 9.59 Å². The fourth-order valence-corrected chi connectivity index (χ4v) is 4.80. The molecule has 2 aliphatic rings. The number of aromatic nitrogens is 1. The van der Waals surface area contributed by atoms with Crippen LogP contribution in [0.25, 0.3) is 21.8 Å². The molecule has 0 aliphatic carbocycles. The number of likely N-dealkylation sites (N-methyl/N-ethyl adjacent to an activating group) is 2. The van der Waals surface area contributed by atoms with Gasteiger partial charge in [-0.25, -0.2) is 4.98 Å². The van der Waals surface area contributed by atoms with Crippen molar-refractivity contribution in [2.45, 2.75) is 0 Å². The van der Waals surface area contributed by atoms with E-state index in [2.05, 4.69) is 50.4 Å². The van der Waals surface area contributed by atoms with Gasteiger partial charge < -0.3 is 25.9 Å². The molecule has 198 valence electrons. The lowest BCUT2D eigenvalue weighted by Crippen LogP contribution is -2.47. The summed E-state index contributed by atoms with van der Waals surface area (Å²) >= 11 is 0. The molecular weight excluding hydrogens is 470 g/mol. The van der Waals surface area contributed by atoms with Gasteiger partial charge in [0.2, 0.25) is 11.8 Å². The summed E-state index contributed by atoms with van der Waals surface area (Å²) in [4.78, 5) is 38.9. The summed E-state index contributed by atoms with van der Waals surface area (Å²) in [5, 5.41) is 8.05. The van der Waals surface area contributed by atoms with E-state index in [-0.39, 0.29) is 17.3 Å². The Balaban J connectivity index is 0.00000320. The van der Waals surface area contributed by atoms with E-state index in [1.165, 1.54) is 0 Å². The number of carbonyl (C=O) groups is 2. The maximum atomic E-state index is 12.6. The number of piperazine rings is 2. The summed E-state index contributed by atoms with van der Waals surface area (Å²) in [6.07, 6.45) is 0. The minimum Gasteiger partial charge on any atom is -0.412 e. The van der Waals surface area contributed by atoms with Crippen LogP contribution in [0.1, 0.15) is 0 Å². The van der Waals surface area contributed by atoms with Gasteiger partial charge in [-0.1, -0.05) is 12.1 Å². The first-order chi connectivity index (χ1) is 17.4. The van der Waals surface area contributed by atoms with E-state index in [1.807, 2.05) is 36.4 Å². The van der Waals surface area contributed by atoms with E-state index in [9.17, 15) is 9.59 Å². The molecule has 2 amide bonds. The van der Waals surface area contributed by atoms with Gasteiger partial charge in [0.1, 0.15) is 0 Å². The zero-order chi connectivity index (χ0) is 25.1. The Morgan fingerprint density at radius 3 is 1.49 bits per heavy atom. The summed E-state index contributed by atoms with van der Waals surface area (Å²) < 4.78 is 0. The molecule has 10 nitrogen and oxygen atoms in total.